The molecule has 0 unspecified atom stereocenters. The highest BCUT2D eigenvalue weighted by Gasteiger charge is 2.53. The molecule has 0 atom stereocenters. The molecule has 0 N–H and O–H groups in total. The Morgan fingerprint density at radius 3 is 1.18 bits per heavy atom. The molecule has 0 radical (unpaired) electrons. The lowest BCUT2D eigenvalue weighted by Gasteiger charge is -2.40. The van der Waals surface area contributed by atoms with Crippen LogP contribution in [0.25, 0.3) is 83.1 Å². The fourth-order valence-electron chi connectivity index (χ4n) is 14.6. The third-order valence-corrected chi connectivity index (χ3v) is 17.6. The molecular weight excluding hydrogens is 917 g/mol. The van der Waals surface area contributed by atoms with E-state index in [0.717, 1.165) is 17.1 Å². The topological polar surface area (TPSA) is 8.17 Å². The largest absolute Gasteiger partial charge is 0.310 e. The first-order chi connectivity index (χ1) is 37.7. The van der Waals surface area contributed by atoms with Crippen LogP contribution in [0.1, 0.15) is 44.5 Å². The molecular formula is C74H46N2. The minimum absolute atomic E-state index is 0.488. The maximum atomic E-state index is 2.56. The summed E-state index contributed by atoms with van der Waals surface area (Å²) in [5.74, 6) is 0. The summed E-state index contributed by atoms with van der Waals surface area (Å²) in [6.45, 7) is 0. The Morgan fingerprint density at radius 1 is 0.250 bits per heavy atom. The van der Waals surface area contributed by atoms with Crippen molar-refractivity contribution < 1.29 is 0 Å². The van der Waals surface area contributed by atoms with Crippen LogP contribution >= 0.6 is 0 Å². The number of para-hydroxylation sites is 2. The lowest BCUT2D eigenvalue weighted by Crippen LogP contribution is -2.33. The number of rotatable bonds is 5. The second-order valence-electron chi connectivity index (χ2n) is 21.0. The van der Waals surface area contributed by atoms with Crippen LogP contribution < -0.4 is 4.90 Å². The average molecular weight is 963 g/mol. The van der Waals surface area contributed by atoms with Crippen molar-refractivity contribution in [1.82, 2.24) is 4.57 Å². The van der Waals surface area contributed by atoms with E-state index in [1.54, 1.807) is 0 Å². The molecule has 0 bridgehead atoms. The molecule has 0 saturated carbocycles. The smallest absolute Gasteiger partial charge is 0.0755 e. The van der Waals surface area contributed by atoms with Crippen LogP contribution in [0.2, 0.25) is 0 Å². The van der Waals surface area contributed by atoms with E-state index >= 15 is 0 Å². The van der Waals surface area contributed by atoms with Crippen LogP contribution in [-0.2, 0) is 10.8 Å². The van der Waals surface area contributed by atoms with E-state index < -0.39 is 10.8 Å². The van der Waals surface area contributed by atoms with Gasteiger partial charge in [0.25, 0.3) is 0 Å². The molecule has 13 aromatic rings. The number of anilines is 3. The molecule has 76 heavy (non-hydrogen) atoms. The normalized spacial score (nSPS) is 14.0. The molecule has 2 spiro atoms. The summed E-state index contributed by atoms with van der Waals surface area (Å²) in [7, 11) is 0. The monoisotopic (exact) mass is 962 g/mol. The predicted molar refractivity (Wildman–Crippen MR) is 313 cm³/mol. The molecule has 2 heteroatoms. The predicted octanol–water partition coefficient (Wildman–Crippen LogP) is 18.6. The molecule has 0 fully saturated rings. The van der Waals surface area contributed by atoms with Crippen molar-refractivity contribution >= 4 is 38.9 Å². The number of hydrogen-bond acceptors (Lipinski definition) is 1. The summed E-state index contributed by atoms with van der Waals surface area (Å²) in [5.41, 5.74) is 29.1. The maximum absolute atomic E-state index is 2.56. The summed E-state index contributed by atoms with van der Waals surface area (Å²) in [5, 5.41) is 2.55. The van der Waals surface area contributed by atoms with Gasteiger partial charge in [-0.3, -0.25) is 0 Å². The van der Waals surface area contributed by atoms with E-state index in [9.17, 15) is 0 Å². The van der Waals surface area contributed by atoms with Crippen molar-refractivity contribution in [3.8, 4) is 61.3 Å². The summed E-state index contributed by atoms with van der Waals surface area (Å²) >= 11 is 0. The van der Waals surface area contributed by atoms with Crippen molar-refractivity contribution in [1.29, 1.82) is 0 Å². The number of fused-ring (bicyclic) bond motifs is 22. The van der Waals surface area contributed by atoms with Gasteiger partial charge in [-0.1, -0.05) is 231 Å². The highest BCUT2D eigenvalue weighted by atomic mass is 15.1. The third kappa shape index (κ3) is 5.30. The minimum atomic E-state index is -0.592. The molecule has 0 saturated heterocycles. The van der Waals surface area contributed by atoms with Crippen molar-refractivity contribution in [2.45, 2.75) is 10.8 Å². The van der Waals surface area contributed by atoms with Crippen molar-refractivity contribution in [3.05, 3.63) is 324 Å². The average Bonchev–Trinajstić information content (AvgIpc) is 4.32. The molecule has 352 valence electrons. The van der Waals surface area contributed by atoms with Gasteiger partial charge in [0.1, 0.15) is 0 Å². The Labute approximate surface area is 441 Å². The Balaban J connectivity index is 0.928. The van der Waals surface area contributed by atoms with Crippen molar-refractivity contribution in [2.24, 2.45) is 0 Å². The van der Waals surface area contributed by atoms with E-state index in [-0.39, 0.29) is 0 Å². The zero-order chi connectivity index (χ0) is 49.7. The second-order valence-corrected chi connectivity index (χ2v) is 21.0. The van der Waals surface area contributed by atoms with E-state index in [4.69, 9.17) is 0 Å². The SMILES string of the molecule is c1ccc(-c2ccc(-c3ccc(N(c4ccc5c(c4)C4(c6ccccc6-c6ccccc64)c4ccccc4-5)c4ccc5c(c4)C4(c6ccccc6-c6ccccc64)c4cccc6c7ccccc7n-5c46)cc3)cc2)cc1. The van der Waals surface area contributed by atoms with Crippen LogP contribution in [0.4, 0.5) is 17.1 Å². The summed E-state index contributed by atoms with van der Waals surface area (Å²) < 4.78 is 2.56. The van der Waals surface area contributed by atoms with Crippen LogP contribution in [-0.4, -0.2) is 4.57 Å². The minimum Gasteiger partial charge on any atom is -0.310 e. The van der Waals surface area contributed by atoms with Gasteiger partial charge in [-0.2, -0.15) is 0 Å². The highest BCUT2D eigenvalue weighted by Crippen LogP contribution is 2.65. The molecule has 2 heterocycles. The molecule has 1 aliphatic heterocycles. The van der Waals surface area contributed by atoms with Gasteiger partial charge < -0.3 is 9.47 Å². The standard InChI is InChI=1S/C74H46N2/c1-2-17-47(18-3-1)48-33-35-49(36-34-48)50-37-39-51(40-38-50)75(52-41-43-59-58-23-8-12-28-64(58)73(68(59)45-52)62-26-10-4-19-54(62)55-20-5-11-27-63(55)73)53-42-44-71-69(46-53)74(65-29-13-6-21-56(65)57-22-7-14-30-66(57)74)67-31-16-25-61-60-24-9-15-32-70(60)76(71)72(61)67/h1-46H. The van der Waals surface area contributed by atoms with Gasteiger partial charge in [0.15, 0.2) is 0 Å². The fraction of sp³-hybridized carbons (Fsp3) is 0.0270. The molecule has 3 aliphatic carbocycles. The zero-order valence-electron chi connectivity index (χ0n) is 41.5. The Morgan fingerprint density at radius 2 is 0.632 bits per heavy atom. The zero-order valence-corrected chi connectivity index (χ0v) is 41.5. The van der Waals surface area contributed by atoms with Gasteiger partial charge in [-0.05, 0) is 149 Å². The molecule has 1 aromatic heterocycles. The van der Waals surface area contributed by atoms with E-state index in [1.165, 1.54) is 128 Å². The third-order valence-electron chi connectivity index (χ3n) is 17.6. The van der Waals surface area contributed by atoms with E-state index in [0.29, 0.717) is 0 Å². The lowest BCUT2D eigenvalue weighted by atomic mass is 9.65. The van der Waals surface area contributed by atoms with Gasteiger partial charge in [0, 0.05) is 27.8 Å². The fourth-order valence-corrected chi connectivity index (χ4v) is 14.6. The second kappa shape index (κ2) is 15.4. The number of hydrogen-bond donors (Lipinski definition) is 0. The highest BCUT2D eigenvalue weighted by molar-refractivity contribution is 6.13. The first-order valence-corrected chi connectivity index (χ1v) is 26.6. The molecule has 0 amide bonds. The lowest BCUT2D eigenvalue weighted by molar-refractivity contribution is 0.748. The first-order valence-electron chi connectivity index (χ1n) is 26.6. The van der Waals surface area contributed by atoms with Crippen LogP contribution in [0, 0.1) is 0 Å². The van der Waals surface area contributed by atoms with Crippen molar-refractivity contribution in [2.75, 3.05) is 4.90 Å². The van der Waals surface area contributed by atoms with Gasteiger partial charge in [0.2, 0.25) is 0 Å². The molecule has 2 nitrogen and oxygen atoms in total. The number of aromatic nitrogens is 1. The van der Waals surface area contributed by atoms with E-state index in [2.05, 4.69) is 289 Å². The number of nitrogens with zero attached hydrogens (tertiary/aromatic N) is 2. The quantitative estimate of drug-likeness (QED) is 0.167. The van der Waals surface area contributed by atoms with Crippen molar-refractivity contribution in [3.63, 3.8) is 0 Å². The molecule has 17 rings (SSSR count). The summed E-state index contributed by atoms with van der Waals surface area (Å²) in [6.07, 6.45) is 0. The van der Waals surface area contributed by atoms with Crippen LogP contribution in [0.15, 0.2) is 279 Å². The molecule has 4 aliphatic rings. The molecule has 12 aromatic carbocycles. The van der Waals surface area contributed by atoms with Crippen LogP contribution in [0.5, 0.6) is 0 Å². The van der Waals surface area contributed by atoms with E-state index in [1.807, 2.05) is 0 Å². The Bertz CT molecular complexity index is 4470. The Hall–Kier alpha value is -9.76. The van der Waals surface area contributed by atoms with Gasteiger partial charge in [-0.15, -0.1) is 0 Å². The summed E-state index contributed by atoms with van der Waals surface area (Å²) in [6, 6.07) is 105. The Kier molecular flexibility index (Phi) is 8.44. The van der Waals surface area contributed by atoms with Gasteiger partial charge >= 0.3 is 0 Å². The van der Waals surface area contributed by atoms with Gasteiger partial charge in [0.05, 0.1) is 27.6 Å². The first kappa shape index (κ1) is 41.7. The maximum Gasteiger partial charge on any atom is 0.0755 e. The van der Waals surface area contributed by atoms with Crippen LogP contribution in [0.3, 0.4) is 0 Å². The summed E-state index contributed by atoms with van der Waals surface area (Å²) in [4.78, 5) is 2.52. The number of benzene rings is 12. The van der Waals surface area contributed by atoms with Gasteiger partial charge in [-0.25, -0.2) is 0 Å².